The summed E-state index contributed by atoms with van der Waals surface area (Å²) in [6.45, 7) is 5.82. The summed E-state index contributed by atoms with van der Waals surface area (Å²) in [6.07, 6.45) is 13.9. The van der Waals surface area contributed by atoms with Crippen molar-refractivity contribution in [3.63, 3.8) is 0 Å². The second kappa shape index (κ2) is 9.53. The lowest BCUT2D eigenvalue weighted by molar-refractivity contribution is 0.0915. The van der Waals surface area contributed by atoms with Crippen LogP contribution >= 0.6 is 22.6 Å². The highest BCUT2D eigenvalue weighted by Gasteiger charge is 2.22. The lowest BCUT2D eigenvalue weighted by Gasteiger charge is -2.36. The van der Waals surface area contributed by atoms with Crippen molar-refractivity contribution in [2.24, 2.45) is 5.92 Å². The maximum atomic E-state index is 12.7. The summed E-state index contributed by atoms with van der Waals surface area (Å²) in [5, 5.41) is 0. The third kappa shape index (κ3) is 5.35. The van der Waals surface area contributed by atoms with E-state index in [9.17, 15) is 9.59 Å². The number of piperazine rings is 1. The van der Waals surface area contributed by atoms with Crippen LogP contribution in [0.2, 0.25) is 0 Å². The van der Waals surface area contributed by atoms with Gasteiger partial charge in [-0.1, -0.05) is 24.3 Å². The van der Waals surface area contributed by atoms with E-state index in [0.29, 0.717) is 24.6 Å². The predicted octanol–water partition coefficient (Wildman–Crippen LogP) is 3.68. The number of aryl methyl sites for hydroxylation is 1. The van der Waals surface area contributed by atoms with E-state index in [-0.39, 0.29) is 11.3 Å². The van der Waals surface area contributed by atoms with Crippen LogP contribution in [0.25, 0.3) is 6.08 Å². The number of Topliss-reactive ketones (excluding diaryl/α,β-unsaturated/α-hetero) is 1. The molecule has 0 N–H and O–H groups in total. The third-order valence-electron chi connectivity index (χ3n) is 5.94. The summed E-state index contributed by atoms with van der Waals surface area (Å²) >= 11 is 2.29. The molecule has 2 aliphatic carbocycles. The molecule has 5 nitrogen and oxygen atoms in total. The first kappa shape index (κ1) is 20.8. The van der Waals surface area contributed by atoms with E-state index in [1.807, 2.05) is 6.08 Å². The fourth-order valence-electron chi connectivity index (χ4n) is 4.20. The van der Waals surface area contributed by atoms with Gasteiger partial charge in [-0.2, -0.15) is 0 Å². The van der Waals surface area contributed by atoms with Gasteiger partial charge in [-0.05, 0) is 57.1 Å². The van der Waals surface area contributed by atoms with E-state index >= 15 is 0 Å². The minimum absolute atomic E-state index is 0.114. The molecule has 0 bridgehead atoms. The van der Waals surface area contributed by atoms with Crippen molar-refractivity contribution in [1.82, 2.24) is 9.80 Å². The Labute approximate surface area is 185 Å². The molecule has 1 unspecified atom stereocenters. The lowest BCUT2D eigenvalue weighted by Crippen LogP contribution is -2.48. The highest BCUT2D eigenvalue weighted by Crippen LogP contribution is 2.27. The Hall–Kier alpha value is -1.51. The molecule has 2 heterocycles. The third-order valence-corrected chi connectivity index (χ3v) is 6.79. The van der Waals surface area contributed by atoms with Gasteiger partial charge in [-0.15, -0.1) is 0 Å². The van der Waals surface area contributed by atoms with Crippen molar-refractivity contribution >= 4 is 34.5 Å². The van der Waals surface area contributed by atoms with E-state index in [1.54, 1.807) is 6.07 Å². The quantitative estimate of drug-likeness (QED) is 0.436. The van der Waals surface area contributed by atoms with Crippen molar-refractivity contribution in [2.75, 3.05) is 39.3 Å². The second-order valence-electron chi connectivity index (χ2n) is 8.04. The molecule has 1 aromatic heterocycles. The molecule has 0 radical (unpaired) electrons. The molecular formula is C23H27IN2O3. The van der Waals surface area contributed by atoms with Gasteiger partial charge in [0.2, 0.25) is 0 Å². The summed E-state index contributed by atoms with van der Waals surface area (Å²) in [4.78, 5) is 29.8. The Bertz CT molecular complexity index is 907. The molecule has 0 aromatic carbocycles. The summed E-state index contributed by atoms with van der Waals surface area (Å²) in [6, 6.07) is 1.73. The Morgan fingerprint density at radius 3 is 2.69 bits per heavy atom. The van der Waals surface area contributed by atoms with Crippen LogP contribution in [0.1, 0.15) is 40.9 Å². The SMILES string of the molecule is O=C(CCN1CCN(CC2C=CC=CC2)CC1)c1cc2c(oc1=O)CCC(I)=C2. The normalized spacial score (nSPS) is 22.4. The van der Waals surface area contributed by atoms with Gasteiger partial charge in [0.25, 0.3) is 0 Å². The maximum Gasteiger partial charge on any atom is 0.346 e. The number of rotatable bonds is 6. The number of carbonyl (C=O) groups excluding carboxylic acids is 1. The summed E-state index contributed by atoms with van der Waals surface area (Å²) in [5.41, 5.74) is 0.587. The zero-order valence-corrected chi connectivity index (χ0v) is 18.8. The predicted molar refractivity (Wildman–Crippen MR) is 124 cm³/mol. The monoisotopic (exact) mass is 506 g/mol. The van der Waals surface area contributed by atoms with Crippen LogP contribution in [0.4, 0.5) is 0 Å². The van der Waals surface area contributed by atoms with Gasteiger partial charge in [-0.25, -0.2) is 4.79 Å². The van der Waals surface area contributed by atoms with Crippen LogP contribution in [-0.4, -0.2) is 54.9 Å². The Balaban J connectivity index is 1.27. The van der Waals surface area contributed by atoms with E-state index in [2.05, 4.69) is 56.7 Å². The number of allylic oxidation sites excluding steroid dienone is 4. The zero-order valence-electron chi connectivity index (χ0n) is 16.6. The van der Waals surface area contributed by atoms with Crippen LogP contribution in [-0.2, 0) is 6.42 Å². The van der Waals surface area contributed by atoms with Crippen LogP contribution in [0.15, 0.2) is 43.2 Å². The van der Waals surface area contributed by atoms with E-state index < -0.39 is 5.63 Å². The molecule has 0 saturated carbocycles. The van der Waals surface area contributed by atoms with Crippen LogP contribution in [0.5, 0.6) is 0 Å². The summed E-state index contributed by atoms with van der Waals surface area (Å²) < 4.78 is 6.65. The lowest BCUT2D eigenvalue weighted by atomic mass is 10.00. The van der Waals surface area contributed by atoms with Crippen molar-refractivity contribution in [1.29, 1.82) is 0 Å². The average Bonchev–Trinajstić information content (AvgIpc) is 2.73. The molecule has 4 rings (SSSR count). The first-order chi connectivity index (χ1) is 14.1. The first-order valence-electron chi connectivity index (χ1n) is 10.4. The molecule has 1 fully saturated rings. The molecule has 1 aromatic rings. The fourth-order valence-corrected chi connectivity index (χ4v) is 4.80. The number of nitrogens with zero attached hydrogens (tertiary/aromatic N) is 2. The topological polar surface area (TPSA) is 53.8 Å². The van der Waals surface area contributed by atoms with Gasteiger partial charge in [0.1, 0.15) is 11.3 Å². The number of fused-ring (bicyclic) bond motifs is 1. The largest absolute Gasteiger partial charge is 0.427 e. The van der Waals surface area contributed by atoms with Crippen molar-refractivity contribution in [3.8, 4) is 0 Å². The molecule has 1 aliphatic heterocycles. The van der Waals surface area contributed by atoms with Crippen LogP contribution in [0, 0.1) is 5.92 Å². The minimum atomic E-state index is -0.488. The van der Waals surface area contributed by atoms with E-state index in [1.165, 1.54) is 3.58 Å². The van der Waals surface area contributed by atoms with Crippen molar-refractivity contribution in [2.45, 2.75) is 25.7 Å². The average molecular weight is 506 g/mol. The van der Waals surface area contributed by atoms with Gasteiger partial charge in [0, 0.05) is 57.7 Å². The molecule has 0 amide bonds. The van der Waals surface area contributed by atoms with E-state index in [4.69, 9.17) is 4.42 Å². The Kier molecular flexibility index (Phi) is 6.82. The smallest absolute Gasteiger partial charge is 0.346 e. The number of ketones is 1. The standard InChI is InChI=1S/C23H27IN2O3/c24-19-6-7-22-18(14-19)15-20(23(28)29-22)21(27)8-9-25-10-12-26(13-11-25)16-17-4-2-1-3-5-17/h1-4,14-15,17H,5-13,16H2. The van der Waals surface area contributed by atoms with Gasteiger partial charge >= 0.3 is 5.63 Å². The molecular weight excluding hydrogens is 479 g/mol. The molecule has 154 valence electrons. The summed E-state index contributed by atoms with van der Waals surface area (Å²) in [7, 11) is 0. The fraction of sp³-hybridized carbons (Fsp3) is 0.478. The molecule has 6 heteroatoms. The Morgan fingerprint density at radius 1 is 1.14 bits per heavy atom. The van der Waals surface area contributed by atoms with Crippen molar-refractivity contribution < 1.29 is 9.21 Å². The minimum Gasteiger partial charge on any atom is -0.427 e. The maximum absolute atomic E-state index is 12.7. The summed E-state index contributed by atoms with van der Waals surface area (Å²) in [5.74, 6) is 1.21. The number of carbonyl (C=O) groups is 1. The molecule has 1 saturated heterocycles. The molecule has 29 heavy (non-hydrogen) atoms. The van der Waals surface area contributed by atoms with Crippen molar-refractivity contribution in [3.05, 3.63) is 61.3 Å². The molecule has 0 spiro atoms. The van der Waals surface area contributed by atoms with Gasteiger partial charge < -0.3 is 14.2 Å². The van der Waals surface area contributed by atoms with Gasteiger partial charge in [0.05, 0.1) is 0 Å². The number of hydrogen-bond donors (Lipinski definition) is 0. The zero-order chi connectivity index (χ0) is 20.2. The Morgan fingerprint density at radius 2 is 1.93 bits per heavy atom. The molecule has 1 atom stereocenters. The van der Waals surface area contributed by atoms with E-state index in [0.717, 1.165) is 57.5 Å². The van der Waals surface area contributed by atoms with Crippen LogP contribution in [0.3, 0.4) is 0 Å². The number of halogens is 1. The highest BCUT2D eigenvalue weighted by molar-refractivity contribution is 14.1. The number of hydrogen-bond acceptors (Lipinski definition) is 5. The highest BCUT2D eigenvalue weighted by atomic mass is 127. The van der Waals surface area contributed by atoms with Gasteiger partial charge in [0.15, 0.2) is 5.78 Å². The van der Waals surface area contributed by atoms with Gasteiger partial charge in [-0.3, -0.25) is 4.79 Å². The molecule has 3 aliphatic rings. The first-order valence-corrected chi connectivity index (χ1v) is 11.5. The second-order valence-corrected chi connectivity index (χ2v) is 9.43. The van der Waals surface area contributed by atoms with Crippen LogP contribution < -0.4 is 5.63 Å².